The van der Waals surface area contributed by atoms with Gasteiger partial charge in [-0.1, -0.05) is 17.7 Å². The van der Waals surface area contributed by atoms with Gasteiger partial charge in [-0.3, -0.25) is 4.18 Å². The topological polar surface area (TPSA) is 85.3 Å². The average molecular weight is 377 g/mol. The van der Waals surface area contributed by atoms with Gasteiger partial charge in [0.1, 0.15) is 0 Å². The van der Waals surface area contributed by atoms with Crippen molar-refractivity contribution in [1.29, 1.82) is 0 Å². The second-order valence-corrected chi connectivity index (χ2v) is 5.95. The summed E-state index contributed by atoms with van der Waals surface area (Å²) < 4.78 is 25.4. The zero-order valence-corrected chi connectivity index (χ0v) is 14.6. The molecular weight excluding hydrogens is 363 g/mol. The fraction of sp³-hybridized carbons (Fsp3) is 0.308. The first kappa shape index (κ1) is 17.9. The van der Waals surface area contributed by atoms with Crippen molar-refractivity contribution in [1.82, 2.24) is 15.0 Å². The van der Waals surface area contributed by atoms with Crippen molar-refractivity contribution >= 4 is 45.8 Å². The number of aromatic nitrogens is 3. The lowest BCUT2D eigenvalue weighted by atomic mass is 10.2. The van der Waals surface area contributed by atoms with Crippen molar-refractivity contribution < 1.29 is 12.6 Å². The minimum absolute atomic E-state index is 0.0176. The van der Waals surface area contributed by atoms with Crippen molar-refractivity contribution in [2.75, 3.05) is 18.1 Å². The van der Waals surface area contributed by atoms with Crippen LogP contribution < -0.4 is 4.90 Å². The van der Waals surface area contributed by atoms with Crippen LogP contribution in [0.15, 0.2) is 24.3 Å². The molecule has 10 heteroatoms. The molecule has 0 bridgehead atoms. The lowest BCUT2D eigenvalue weighted by Gasteiger charge is -2.22. The van der Waals surface area contributed by atoms with E-state index in [1.807, 2.05) is 31.2 Å². The Balaban J connectivity index is 2.24. The number of nitrogens with zero attached hydrogens (tertiary/aromatic N) is 4. The third-order valence-corrected chi connectivity index (χ3v) is 3.61. The van der Waals surface area contributed by atoms with Crippen LogP contribution in [0.3, 0.4) is 0 Å². The number of anilines is 2. The zero-order chi connectivity index (χ0) is 16.8. The summed E-state index contributed by atoms with van der Waals surface area (Å²) in [4.78, 5) is 13.6. The number of hydrogen-bond donors (Lipinski definition) is 1. The molecule has 0 aliphatic carbocycles. The van der Waals surface area contributed by atoms with Crippen LogP contribution >= 0.6 is 23.2 Å². The van der Waals surface area contributed by atoms with Crippen LogP contribution in [0.4, 0.5) is 11.6 Å². The largest absolute Gasteiger partial charge is 0.310 e. The van der Waals surface area contributed by atoms with Gasteiger partial charge in [0, 0.05) is 12.2 Å². The third kappa shape index (κ3) is 5.58. The predicted octanol–water partition coefficient (Wildman–Crippen LogP) is 2.56. The van der Waals surface area contributed by atoms with Gasteiger partial charge in [-0.25, -0.2) is 8.42 Å². The highest BCUT2D eigenvalue weighted by molar-refractivity contribution is 7.67. The molecule has 0 spiro atoms. The van der Waals surface area contributed by atoms with E-state index in [4.69, 9.17) is 23.2 Å². The van der Waals surface area contributed by atoms with E-state index in [0.29, 0.717) is 13.0 Å². The fourth-order valence-electron chi connectivity index (χ4n) is 1.87. The minimum Gasteiger partial charge on any atom is -0.310 e. The molecule has 1 heterocycles. The molecule has 0 aliphatic rings. The molecule has 2 aromatic rings. The van der Waals surface area contributed by atoms with Crippen molar-refractivity contribution in [3.63, 3.8) is 0 Å². The Morgan fingerprint density at radius 2 is 1.70 bits per heavy atom. The summed E-state index contributed by atoms with van der Waals surface area (Å²) in [7, 11) is -2.86. The van der Waals surface area contributed by atoms with Gasteiger partial charge in [-0.2, -0.15) is 15.0 Å². The van der Waals surface area contributed by atoms with Crippen LogP contribution in [0.2, 0.25) is 10.6 Å². The Bertz CT molecular complexity index is 712. The molecule has 1 aromatic heterocycles. The standard InChI is InChI=1S/C13H14Cl2N4O3S/c1-9-3-5-10(6-4-9)19(7-2-8-22-23(20)21)13-17-11(14)16-12(15)18-13/h3-6,23H,2,7-8H2,1H3. The monoisotopic (exact) mass is 376 g/mol. The van der Waals surface area contributed by atoms with Gasteiger partial charge < -0.3 is 4.90 Å². The molecule has 0 saturated heterocycles. The average Bonchev–Trinajstić information content (AvgIpc) is 2.47. The van der Waals surface area contributed by atoms with Gasteiger partial charge in [0.05, 0.1) is 6.61 Å². The quantitative estimate of drug-likeness (QED) is 0.586. The number of hydrogen-bond acceptors (Lipinski definition) is 7. The molecule has 0 radical (unpaired) electrons. The smallest absolute Gasteiger partial charge is 0.257 e. The third-order valence-electron chi connectivity index (χ3n) is 2.88. The maximum Gasteiger partial charge on any atom is 0.257 e. The molecule has 0 fully saturated rings. The van der Waals surface area contributed by atoms with E-state index >= 15 is 0 Å². The second-order valence-electron chi connectivity index (χ2n) is 4.57. The van der Waals surface area contributed by atoms with Crippen molar-refractivity contribution in [2.24, 2.45) is 0 Å². The maximum atomic E-state index is 10.4. The molecule has 23 heavy (non-hydrogen) atoms. The van der Waals surface area contributed by atoms with E-state index in [1.54, 1.807) is 4.90 Å². The zero-order valence-electron chi connectivity index (χ0n) is 12.1. The van der Waals surface area contributed by atoms with Crippen molar-refractivity contribution in [3.8, 4) is 0 Å². The number of halogens is 2. The van der Waals surface area contributed by atoms with E-state index in [0.717, 1.165) is 11.3 Å². The molecule has 7 nitrogen and oxygen atoms in total. The molecule has 2 rings (SSSR count). The van der Waals surface area contributed by atoms with Gasteiger partial charge in [0.25, 0.3) is 11.0 Å². The highest BCUT2D eigenvalue weighted by atomic mass is 35.5. The van der Waals surface area contributed by atoms with E-state index in [2.05, 4.69) is 19.1 Å². The van der Waals surface area contributed by atoms with Crippen molar-refractivity contribution in [2.45, 2.75) is 13.3 Å². The molecule has 0 atom stereocenters. The number of aryl methyl sites for hydroxylation is 1. The Morgan fingerprint density at radius 3 is 2.26 bits per heavy atom. The molecular formula is C13H14Cl2N4O3S. The first-order valence-electron chi connectivity index (χ1n) is 6.64. The Labute approximate surface area is 145 Å². The number of benzene rings is 1. The van der Waals surface area contributed by atoms with Crippen LogP contribution in [0, 0.1) is 6.92 Å². The molecule has 0 saturated carbocycles. The number of rotatable bonds is 7. The Kier molecular flexibility index (Phi) is 6.52. The normalized spacial score (nSPS) is 11.0. The summed E-state index contributed by atoms with van der Waals surface area (Å²) in [6.07, 6.45) is 0.443. The van der Waals surface area contributed by atoms with Crippen LogP contribution in [0.25, 0.3) is 0 Å². The Hall–Kier alpha value is -1.48. The van der Waals surface area contributed by atoms with Gasteiger partial charge >= 0.3 is 0 Å². The van der Waals surface area contributed by atoms with E-state index in [1.165, 1.54) is 0 Å². The summed E-state index contributed by atoms with van der Waals surface area (Å²) in [5.74, 6) is 0.283. The lowest BCUT2D eigenvalue weighted by Crippen LogP contribution is -2.22. The Morgan fingerprint density at radius 1 is 1.09 bits per heavy atom. The summed E-state index contributed by atoms with van der Waals surface area (Å²) in [5.41, 5.74) is 1.92. The minimum atomic E-state index is -2.86. The molecule has 0 amide bonds. The van der Waals surface area contributed by atoms with Gasteiger partial charge in [0.15, 0.2) is 0 Å². The van der Waals surface area contributed by atoms with Crippen LogP contribution in [0.5, 0.6) is 0 Å². The maximum absolute atomic E-state index is 10.4. The summed E-state index contributed by atoms with van der Waals surface area (Å²) >= 11 is 11.7. The second kappa shape index (κ2) is 8.39. The summed E-state index contributed by atoms with van der Waals surface area (Å²) in [5, 5.41) is -0.0352. The van der Waals surface area contributed by atoms with Gasteiger partial charge in [-0.05, 0) is 48.7 Å². The van der Waals surface area contributed by atoms with Crippen LogP contribution in [-0.4, -0.2) is 36.5 Å². The highest BCUT2D eigenvalue weighted by Gasteiger charge is 2.14. The SMILES string of the molecule is Cc1ccc(N(CCCO[SH](=O)=O)c2nc(Cl)nc(Cl)n2)cc1. The van der Waals surface area contributed by atoms with Crippen molar-refractivity contribution in [3.05, 3.63) is 40.4 Å². The molecule has 124 valence electrons. The summed E-state index contributed by atoms with van der Waals surface area (Å²) in [6, 6.07) is 7.68. The lowest BCUT2D eigenvalue weighted by molar-refractivity contribution is 0.328. The van der Waals surface area contributed by atoms with E-state index < -0.39 is 11.0 Å². The molecule has 0 aliphatic heterocycles. The molecule has 1 aromatic carbocycles. The first-order valence-corrected chi connectivity index (χ1v) is 8.49. The highest BCUT2D eigenvalue weighted by Crippen LogP contribution is 2.24. The van der Waals surface area contributed by atoms with Gasteiger partial charge in [-0.15, -0.1) is 0 Å². The van der Waals surface area contributed by atoms with Gasteiger partial charge in [0.2, 0.25) is 16.5 Å². The summed E-state index contributed by atoms with van der Waals surface area (Å²) in [6.45, 7) is 2.46. The number of thiol groups is 1. The molecule has 0 N–H and O–H groups in total. The van der Waals surface area contributed by atoms with Crippen LogP contribution in [-0.2, 0) is 15.2 Å². The van der Waals surface area contributed by atoms with E-state index in [-0.39, 0.29) is 23.1 Å². The fourth-order valence-corrected chi connectivity index (χ4v) is 2.50. The molecule has 0 unspecified atom stereocenters. The van der Waals surface area contributed by atoms with E-state index in [9.17, 15) is 8.42 Å². The predicted molar refractivity (Wildman–Crippen MR) is 88.9 cm³/mol. The first-order chi connectivity index (χ1) is 11.0. The van der Waals surface area contributed by atoms with Crippen LogP contribution in [0.1, 0.15) is 12.0 Å².